The standard InChI is InChI=1S/C14H13ClF3NO3/c1-19(6-12(20)14(16,17)18)13(21)9-4-8-5-10(15)2-3-11(8)22-7-9/h2-5,12,20H,6-7H2,1H3. The van der Waals surface area contributed by atoms with Crippen LogP contribution in [0.4, 0.5) is 13.2 Å². The molecule has 1 atom stereocenters. The van der Waals surface area contributed by atoms with Crippen LogP contribution in [0.1, 0.15) is 5.56 Å². The molecule has 0 bridgehead atoms. The van der Waals surface area contributed by atoms with Gasteiger partial charge in [0, 0.05) is 17.6 Å². The minimum absolute atomic E-state index is 0.0556. The number of carbonyl (C=O) groups excluding carboxylic acids is 1. The van der Waals surface area contributed by atoms with Crippen LogP contribution in [0.25, 0.3) is 6.08 Å². The van der Waals surface area contributed by atoms with Gasteiger partial charge in [0.25, 0.3) is 5.91 Å². The Morgan fingerprint density at radius 3 is 2.82 bits per heavy atom. The van der Waals surface area contributed by atoms with Crippen molar-refractivity contribution in [2.24, 2.45) is 0 Å². The summed E-state index contributed by atoms with van der Waals surface area (Å²) in [5.41, 5.74) is 0.763. The predicted molar refractivity (Wildman–Crippen MR) is 74.6 cm³/mol. The number of aliphatic hydroxyl groups is 1. The highest BCUT2D eigenvalue weighted by atomic mass is 35.5. The van der Waals surface area contributed by atoms with Crippen LogP contribution in [0.15, 0.2) is 23.8 Å². The number of hydrogen-bond acceptors (Lipinski definition) is 3. The second kappa shape index (κ2) is 6.18. The maximum atomic E-state index is 12.3. The topological polar surface area (TPSA) is 49.8 Å². The fourth-order valence-electron chi connectivity index (χ4n) is 1.96. The maximum absolute atomic E-state index is 12.3. The number of amides is 1. The number of ether oxygens (including phenoxy) is 1. The van der Waals surface area contributed by atoms with Crippen molar-refractivity contribution in [3.05, 3.63) is 34.4 Å². The van der Waals surface area contributed by atoms with E-state index in [0.29, 0.717) is 16.3 Å². The van der Waals surface area contributed by atoms with Crippen LogP contribution < -0.4 is 4.74 Å². The van der Waals surface area contributed by atoms with Gasteiger partial charge in [0.2, 0.25) is 0 Å². The molecule has 1 aromatic carbocycles. The lowest BCUT2D eigenvalue weighted by Gasteiger charge is -2.25. The van der Waals surface area contributed by atoms with Crippen molar-refractivity contribution in [2.45, 2.75) is 12.3 Å². The van der Waals surface area contributed by atoms with E-state index in [0.717, 1.165) is 4.90 Å². The summed E-state index contributed by atoms with van der Waals surface area (Å²) in [5.74, 6) is -0.104. The Hall–Kier alpha value is -1.73. The first-order valence-electron chi connectivity index (χ1n) is 6.31. The van der Waals surface area contributed by atoms with E-state index in [1.807, 2.05) is 0 Å². The molecule has 1 aliphatic heterocycles. The Labute approximate surface area is 129 Å². The second-order valence-corrected chi connectivity index (χ2v) is 5.32. The van der Waals surface area contributed by atoms with Crippen LogP contribution in [-0.2, 0) is 4.79 Å². The van der Waals surface area contributed by atoms with Gasteiger partial charge in [-0.25, -0.2) is 0 Å². The summed E-state index contributed by atoms with van der Waals surface area (Å²) in [7, 11) is 1.19. The lowest BCUT2D eigenvalue weighted by atomic mass is 10.1. The number of alkyl halides is 3. The highest BCUT2D eigenvalue weighted by molar-refractivity contribution is 6.30. The first-order chi connectivity index (χ1) is 10.2. The molecule has 0 aromatic heterocycles. The van der Waals surface area contributed by atoms with Gasteiger partial charge in [0.1, 0.15) is 12.4 Å². The highest BCUT2D eigenvalue weighted by Crippen LogP contribution is 2.29. The molecule has 1 aromatic rings. The van der Waals surface area contributed by atoms with E-state index in [1.54, 1.807) is 18.2 Å². The summed E-state index contributed by atoms with van der Waals surface area (Å²) in [4.78, 5) is 12.9. The van der Waals surface area contributed by atoms with Crippen LogP contribution in [0, 0.1) is 0 Å². The van der Waals surface area contributed by atoms with Crippen molar-refractivity contribution in [1.82, 2.24) is 4.90 Å². The first-order valence-corrected chi connectivity index (χ1v) is 6.69. The number of rotatable bonds is 3. The van der Waals surface area contributed by atoms with Crippen LogP contribution in [0.3, 0.4) is 0 Å². The molecule has 1 aliphatic rings. The number of halogens is 4. The second-order valence-electron chi connectivity index (χ2n) is 4.88. The summed E-state index contributed by atoms with van der Waals surface area (Å²) >= 11 is 5.85. The van der Waals surface area contributed by atoms with Crippen molar-refractivity contribution in [3.8, 4) is 5.75 Å². The predicted octanol–water partition coefficient (Wildman–Crippen LogP) is 2.50. The van der Waals surface area contributed by atoms with Gasteiger partial charge < -0.3 is 14.7 Å². The summed E-state index contributed by atoms with van der Waals surface area (Å²) in [6.45, 7) is -0.901. The number of carbonyl (C=O) groups is 1. The smallest absolute Gasteiger partial charge is 0.416 e. The molecule has 1 amide bonds. The molecular formula is C14H13ClF3NO3. The van der Waals surface area contributed by atoms with Crippen molar-refractivity contribution < 1.29 is 27.8 Å². The van der Waals surface area contributed by atoms with Gasteiger partial charge in [-0.05, 0) is 24.3 Å². The van der Waals surface area contributed by atoms with Crippen molar-refractivity contribution in [2.75, 3.05) is 20.2 Å². The minimum atomic E-state index is -4.77. The molecule has 1 N–H and O–H groups in total. The molecule has 0 fully saturated rings. The van der Waals surface area contributed by atoms with E-state index >= 15 is 0 Å². The summed E-state index contributed by atoms with van der Waals surface area (Å²) < 4.78 is 42.3. The van der Waals surface area contributed by atoms with Crippen molar-refractivity contribution in [3.63, 3.8) is 0 Å². The molecule has 0 radical (unpaired) electrons. The molecule has 2 rings (SSSR count). The molecule has 120 valence electrons. The summed E-state index contributed by atoms with van der Waals surface area (Å²) in [6, 6.07) is 4.87. The molecule has 0 saturated heterocycles. The molecule has 0 aliphatic carbocycles. The zero-order valence-corrected chi connectivity index (χ0v) is 12.3. The normalized spacial score (nSPS) is 15.5. The van der Waals surface area contributed by atoms with Gasteiger partial charge >= 0.3 is 6.18 Å². The van der Waals surface area contributed by atoms with Gasteiger partial charge in [-0.2, -0.15) is 13.2 Å². The molecule has 1 unspecified atom stereocenters. The van der Waals surface area contributed by atoms with E-state index in [2.05, 4.69) is 0 Å². The molecule has 0 spiro atoms. The third kappa shape index (κ3) is 3.72. The van der Waals surface area contributed by atoms with Crippen LogP contribution in [0.5, 0.6) is 5.75 Å². The average Bonchev–Trinajstić information content (AvgIpc) is 2.44. The van der Waals surface area contributed by atoms with Gasteiger partial charge in [-0.15, -0.1) is 0 Å². The van der Waals surface area contributed by atoms with E-state index in [4.69, 9.17) is 21.4 Å². The quantitative estimate of drug-likeness (QED) is 0.923. The molecule has 0 saturated carbocycles. The fourth-order valence-corrected chi connectivity index (χ4v) is 2.14. The monoisotopic (exact) mass is 335 g/mol. The van der Waals surface area contributed by atoms with Crippen molar-refractivity contribution in [1.29, 1.82) is 0 Å². The van der Waals surface area contributed by atoms with E-state index in [-0.39, 0.29) is 12.2 Å². The lowest BCUT2D eigenvalue weighted by Crippen LogP contribution is -2.42. The average molecular weight is 336 g/mol. The number of benzene rings is 1. The molecule has 22 heavy (non-hydrogen) atoms. The zero-order valence-electron chi connectivity index (χ0n) is 11.5. The van der Waals surface area contributed by atoms with Gasteiger partial charge in [0.05, 0.1) is 12.1 Å². The minimum Gasteiger partial charge on any atom is -0.488 e. The summed E-state index contributed by atoms with van der Waals surface area (Å²) in [6.07, 6.45) is -5.84. The number of hydrogen-bond donors (Lipinski definition) is 1. The van der Waals surface area contributed by atoms with Crippen LogP contribution in [-0.4, -0.2) is 48.4 Å². The Bertz CT molecular complexity index is 616. The van der Waals surface area contributed by atoms with Gasteiger partial charge in [-0.1, -0.05) is 11.6 Å². The Morgan fingerprint density at radius 1 is 1.50 bits per heavy atom. The third-order valence-electron chi connectivity index (χ3n) is 3.13. The molecule has 8 heteroatoms. The number of likely N-dealkylation sites (N-methyl/N-ethyl adjacent to an activating group) is 1. The van der Waals surface area contributed by atoms with E-state index in [1.165, 1.54) is 13.1 Å². The number of aliphatic hydroxyl groups excluding tert-OH is 1. The third-order valence-corrected chi connectivity index (χ3v) is 3.37. The van der Waals surface area contributed by atoms with E-state index < -0.39 is 24.7 Å². The SMILES string of the molecule is CN(CC(O)C(F)(F)F)C(=O)C1=Cc2cc(Cl)ccc2OC1. The van der Waals surface area contributed by atoms with Crippen LogP contribution in [0.2, 0.25) is 5.02 Å². The Morgan fingerprint density at radius 2 is 2.18 bits per heavy atom. The lowest BCUT2D eigenvalue weighted by molar-refractivity contribution is -0.207. The van der Waals surface area contributed by atoms with Crippen molar-refractivity contribution >= 4 is 23.6 Å². The number of fused-ring (bicyclic) bond motifs is 1. The highest BCUT2D eigenvalue weighted by Gasteiger charge is 2.39. The van der Waals surface area contributed by atoms with Gasteiger partial charge in [-0.3, -0.25) is 4.79 Å². The fraction of sp³-hybridized carbons (Fsp3) is 0.357. The summed E-state index contributed by atoms with van der Waals surface area (Å²) in [5, 5.41) is 9.46. The van der Waals surface area contributed by atoms with Gasteiger partial charge in [0.15, 0.2) is 6.10 Å². The first kappa shape index (κ1) is 16.6. The van der Waals surface area contributed by atoms with Crippen LogP contribution >= 0.6 is 11.6 Å². The molecule has 1 heterocycles. The maximum Gasteiger partial charge on any atom is 0.416 e. The van der Waals surface area contributed by atoms with E-state index in [9.17, 15) is 18.0 Å². The largest absolute Gasteiger partial charge is 0.488 e. The Kier molecular flexibility index (Phi) is 4.67. The molecular weight excluding hydrogens is 323 g/mol. The number of nitrogens with zero attached hydrogens (tertiary/aromatic N) is 1. The zero-order chi connectivity index (χ0) is 16.5. The molecule has 4 nitrogen and oxygen atoms in total. The Balaban J connectivity index is 2.13.